The van der Waals surface area contributed by atoms with Crippen LogP contribution in [0.25, 0.3) is 161 Å². The molecule has 5 aromatic heterocycles. The van der Waals surface area contributed by atoms with Gasteiger partial charge in [0, 0.05) is 81.0 Å². The van der Waals surface area contributed by atoms with Crippen LogP contribution in [0.1, 0.15) is 0 Å². The Hall–Kier alpha value is -11.5. The summed E-state index contributed by atoms with van der Waals surface area (Å²) in [6, 6.07) is 95.5. The first-order chi connectivity index (χ1) is 42.6. The fraction of sp³-hybridized carbons (Fsp3) is 0. The number of benzene rings is 11. The topological polar surface area (TPSA) is 121 Å². The Morgan fingerprint density at radius 3 is 0.965 bits per heavy atom. The van der Waals surface area contributed by atoms with Crippen molar-refractivity contribution in [2.24, 2.45) is 0 Å². The van der Waals surface area contributed by atoms with Crippen LogP contribution in [-0.2, 0) is 0 Å². The third kappa shape index (κ3) is 9.21. The molecule has 0 N–H and O–H groups in total. The van der Waals surface area contributed by atoms with E-state index >= 15 is 0 Å². The van der Waals surface area contributed by atoms with Crippen molar-refractivity contribution in [3.63, 3.8) is 0 Å². The summed E-state index contributed by atoms with van der Waals surface area (Å²) in [6.07, 6.45) is 0. The number of rotatable bonds is 11. The first-order valence-electron chi connectivity index (χ1n) is 28.4. The van der Waals surface area contributed by atoms with Crippen molar-refractivity contribution in [2.45, 2.75) is 0 Å². The maximum Gasteiger partial charge on any atom is 0.166 e. The average Bonchev–Trinajstić information content (AvgIpc) is 1.76. The second-order valence-corrected chi connectivity index (χ2v) is 22.0. The molecule has 0 aliphatic heterocycles. The summed E-state index contributed by atoms with van der Waals surface area (Å²) >= 11 is 1.81. The zero-order valence-corrected chi connectivity index (χ0v) is 46.8. The number of nitrogens with zero attached hydrogens (tertiary/aromatic N) is 10. The normalized spacial score (nSPS) is 11.5. The molecule has 0 fully saturated rings. The van der Waals surface area contributed by atoms with E-state index < -0.39 is 0 Å². The van der Waals surface area contributed by atoms with Crippen molar-refractivity contribution >= 4 is 53.3 Å². The number of aromatic nitrogens is 10. The SMILES string of the molecule is c1ccc(-c2nc(-c3ccccc3)nc(-c3ccc4c(c3)c3cc(-c5nc(-c6ccccc6)nc(-c6ccccc6)n5)ccc3n4-c3ccc(-c4cccc5sc6ccccc6c45)cc3-c3nc(-c4ccccc4)nc(-c4ccccc4)n3)n2)cc1. The van der Waals surface area contributed by atoms with Gasteiger partial charge in [-0.2, -0.15) is 0 Å². The van der Waals surface area contributed by atoms with E-state index in [2.05, 4.69) is 102 Å². The maximum atomic E-state index is 5.43. The van der Waals surface area contributed by atoms with Gasteiger partial charge in [0.1, 0.15) is 0 Å². The Morgan fingerprint density at radius 2 is 0.558 bits per heavy atom. The molecule has 402 valence electrons. The van der Waals surface area contributed by atoms with Gasteiger partial charge in [-0.1, -0.05) is 218 Å². The molecule has 0 bridgehead atoms. The van der Waals surface area contributed by atoms with Crippen molar-refractivity contribution in [3.8, 4) is 119 Å². The van der Waals surface area contributed by atoms with Gasteiger partial charge >= 0.3 is 0 Å². The van der Waals surface area contributed by atoms with Crippen LogP contribution in [0.15, 0.2) is 279 Å². The molecule has 0 saturated carbocycles. The first kappa shape index (κ1) is 50.2. The van der Waals surface area contributed by atoms with Gasteiger partial charge in [0.25, 0.3) is 0 Å². The van der Waals surface area contributed by atoms with Crippen LogP contribution in [0.4, 0.5) is 0 Å². The van der Waals surface area contributed by atoms with Crippen molar-refractivity contribution in [3.05, 3.63) is 279 Å². The number of hydrogen-bond acceptors (Lipinski definition) is 10. The molecular weight excluding hydrogens is 1070 g/mol. The fourth-order valence-corrected chi connectivity index (χ4v) is 12.6. The highest BCUT2D eigenvalue weighted by molar-refractivity contribution is 7.25. The van der Waals surface area contributed by atoms with Gasteiger partial charge in [-0.25, -0.2) is 44.9 Å². The lowest BCUT2D eigenvalue weighted by atomic mass is 9.96. The molecule has 0 spiro atoms. The van der Waals surface area contributed by atoms with Crippen LogP contribution in [0.2, 0.25) is 0 Å². The van der Waals surface area contributed by atoms with Crippen molar-refractivity contribution in [1.82, 2.24) is 49.4 Å². The molecule has 16 aromatic rings. The maximum absolute atomic E-state index is 5.43. The third-order valence-electron chi connectivity index (χ3n) is 15.6. The molecule has 11 aromatic carbocycles. The molecule has 0 aliphatic carbocycles. The summed E-state index contributed by atoms with van der Waals surface area (Å²) in [5.41, 5.74) is 12.7. The molecular formula is C75H46N10S. The van der Waals surface area contributed by atoms with Crippen LogP contribution in [0, 0.1) is 0 Å². The van der Waals surface area contributed by atoms with Crippen LogP contribution in [-0.4, -0.2) is 49.4 Å². The van der Waals surface area contributed by atoms with Gasteiger partial charge in [0.2, 0.25) is 0 Å². The number of fused-ring (bicyclic) bond motifs is 6. The second-order valence-electron chi connectivity index (χ2n) is 20.9. The molecule has 10 nitrogen and oxygen atoms in total. The molecule has 0 atom stereocenters. The van der Waals surface area contributed by atoms with Gasteiger partial charge < -0.3 is 4.57 Å². The third-order valence-corrected chi connectivity index (χ3v) is 16.7. The minimum absolute atomic E-state index is 0.527. The summed E-state index contributed by atoms with van der Waals surface area (Å²) < 4.78 is 4.79. The lowest BCUT2D eigenvalue weighted by Gasteiger charge is -2.17. The molecule has 0 radical (unpaired) electrons. The summed E-state index contributed by atoms with van der Waals surface area (Å²) in [6.45, 7) is 0. The van der Waals surface area contributed by atoms with Crippen molar-refractivity contribution in [1.29, 1.82) is 0 Å². The first-order valence-corrected chi connectivity index (χ1v) is 29.2. The van der Waals surface area contributed by atoms with E-state index in [0.29, 0.717) is 52.4 Å². The van der Waals surface area contributed by atoms with E-state index in [9.17, 15) is 0 Å². The van der Waals surface area contributed by atoms with Gasteiger partial charge in [-0.3, -0.25) is 0 Å². The molecule has 0 saturated heterocycles. The zero-order chi connectivity index (χ0) is 56.9. The number of thiophene rings is 1. The predicted molar refractivity (Wildman–Crippen MR) is 348 cm³/mol. The van der Waals surface area contributed by atoms with Crippen LogP contribution < -0.4 is 0 Å². The minimum atomic E-state index is 0.527. The quantitative estimate of drug-likeness (QED) is 0.125. The largest absolute Gasteiger partial charge is 0.308 e. The summed E-state index contributed by atoms with van der Waals surface area (Å²) in [5, 5.41) is 4.34. The average molecular weight is 1120 g/mol. The van der Waals surface area contributed by atoms with E-state index in [1.165, 1.54) is 20.2 Å². The van der Waals surface area contributed by atoms with E-state index in [1.54, 1.807) is 0 Å². The van der Waals surface area contributed by atoms with Crippen molar-refractivity contribution < 1.29 is 0 Å². The predicted octanol–water partition coefficient (Wildman–Crippen LogP) is 18.4. The Bertz CT molecular complexity index is 4860. The van der Waals surface area contributed by atoms with Crippen LogP contribution >= 0.6 is 11.3 Å². The van der Waals surface area contributed by atoms with Crippen molar-refractivity contribution in [2.75, 3.05) is 0 Å². The highest BCUT2D eigenvalue weighted by Crippen LogP contribution is 2.44. The Kier molecular flexibility index (Phi) is 12.5. The Morgan fingerprint density at radius 1 is 0.221 bits per heavy atom. The summed E-state index contributed by atoms with van der Waals surface area (Å²) in [5.74, 6) is 5.06. The molecule has 5 heterocycles. The van der Waals surface area contributed by atoms with E-state index in [0.717, 1.165) is 88.7 Å². The lowest BCUT2D eigenvalue weighted by molar-refractivity contribution is 1.06. The van der Waals surface area contributed by atoms with E-state index in [-0.39, 0.29) is 0 Å². The molecule has 0 amide bonds. The van der Waals surface area contributed by atoms with Crippen LogP contribution in [0.3, 0.4) is 0 Å². The monoisotopic (exact) mass is 1120 g/mol. The minimum Gasteiger partial charge on any atom is -0.308 e. The summed E-state index contributed by atoms with van der Waals surface area (Å²) in [4.78, 5) is 46.9. The molecule has 0 unspecified atom stereocenters. The Labute approximate surface area is 498 Å². The van der Waals surface area contributed by atoms with Crippen LogP contribution in [0.5, 0.6) is 0 Å². The van der Waals surface area contributed by atoms with Gasteiger partial charge in [-0.15, -0.1) is 11.3 Å². The smallest absolute Gasteiger partial charge is 0.166 e. The van der Waals surface area contributed by atoms with E-state index in [1.807, 2.05) is 193 Å². The highest BCUT2D eigenvalue weighted by Gasteiger charge is 2.24. The zero-order valence-electron chi connectivity index (χ0n) is 45.9. The fourth-order valence-electron chi connectivity index (χ4n) is 11.5. The van der Waals surface area contributed by atoms with Gasteiger partial charge in [0.05, 0.1) is 16.7 Å². The number of hydrogen-bond donors (Lipinski definition) is 0. The molecule has 11 heteroatoms. The van der Waals surface area contributed by atoms with E-state index in [4.69, 9.17) is 44.9 Å². The van der Waals surface area contributed by atoms with Gasteiger partial charge in [0.15, 0.2) is 52.4 Å². The second kappa shape index (κ2) is 21.3. The highest BCUT2D eigenvalue weighted by atomic mass is 32.1. The lowest BCUT2D eigenvalue weighted by Crippen LogP contribution is -2.04. The van der Waals surface area contributed by atoms with Gasteiger partial charge in [-0.05, 0) is 71.8 Å². The summed E-state index contributed by atoms with van der Waals surface area (Å²) in [7, 11) is 0. The standard InChI is InChI=1S/C75H46N10S/c1-7-22-47(23-8-1)67-76-68(48-24-9-2-10-25-48)80-73(79-67)54-39-42-61-58(45-54)59-46-55(74-81-69(49-26-11-3-12-27-49)77-70(82-74)50-28-13-4-14-29-50)40-43-62(59)85(61)63-41-38-53(56-35-21-37-65-66(56)57-34-19-20-36-64(57)86-65)44-60(63)75-83-71(51-30-15-5-16-31-51)78-72(84-75)52-32-17-6-18-33-52/h1-46H. The Balaban J connectivity index is 0.976. The molecule has 86 heavy (non-hydrogen) atoms. The molecule has 16 rings (SSSR count). The molecule has 0 aliphatic rings.